The number of allylic oxidation sites excluding steroid dienone is 4. The maximum atomic E-state index is 12.8. The number of carbonyl (C=O) groups is 3. The Hall–Kier alpha value is -2.11. The fourth-order valence-corrected chi connectivity index (χ4v) is 8.95. The first-order chi connectivity index (χ1) is 33.0. The van der Waals surface area contributed by atoms with Gasteiger partial charge in [-0.15, -0.1) is 0 Å². The Labute approximate surface area is 417 Å². The monoisotopic (exact) mass is 943 g/mol. The van der Waals surface area contributed by atoms with Gasteiger partial charge in [0.15, 0.2) is 6.10 Å². The summed E-state index contributed by atoms with van der Waals surface area (Å²) in [6.45, 7) is 6.67. The van der Waals surface area contributed by atoms with E-state index in [4.69, 9.17) is 14.2 Å². The van der Waals surface area contributed by atoms with E-state index >= 15 is 0 Å². The van der Waals surface area contributed by atoms with Gasteiger partial charge in [-0.25, -0.2) is 0 Å². The fraction of sp³-hybridized carbons (Fsp3) is 0.885. The quantitative estimate of drug-likeness (QED) is 0.0262. The lowest BCUT2D eigenvalue weighted by molar-refractivity contribution is -0.167. The SMILES string of the molecule is CCCCCCC/C=C\C/C=C\CCCCCCCCCCCCCC(=O)OCC(COC(=O)CCCCCCCCCCCC)OC(=O)CCCCCCCCCCCCCCCCCC. The normalized spacial score (nSPS) is 12.1. The maximum Gasteiger partial charge on any atom is 0.306 e. The zero-order valence-electron chi connectivity index (χ0n) is 45.2. The van der Waals surface area contributed by atoms with E-state index in [2.05, 4.69) is 45.1 Å². The number of rotatable bonds is 55. The molecule has 0 aliphatic rings. The summed E-state index contributed by atoms with van der Waals surface area (Å²) in [5, 5.41) is 0. The van der Waals surface area contributed by atoms with Crippen LogP contribution < -0.4 is 0 Å². The number of ether oxygens (including phenoxy) is 3. The third-order valence-corrected chi connectivity index (χ3v) is 13.5. The molecule has 1 unspecified atom stereocenters. The molecule has 0 fully saturated rings. The van der Waals surface area contributed by atoms with Gasteiger partial charge in [0.05, 0.1) is 0 Å². The van der Waals surface area contributed by atoms with E-state index in [1.807, 2.05) is 0 Å². The maximum absolute atomic E-state index is 12.8. The van der Waals surface area contributed by atoms with E-state index in [0.29, 0.717) is 19.3 Å². The molecule has 0 heterocycles. The lowest BCUT2D eigenvalue weighted by Gasteiger charge is -2.18. The molecular formula is C61H114O6. The molecular weight excluding hydrogens is 829 g/mol. The third-order valence-electron chi connectivity index (χ3n) is 13.5. The van der Waals surface area contributed by atoms with Crippen LogP contribution in [0.25, 0.3) is 0 Å². The molecule has 0 radical (unpaired) electrons. The van der Waals surface area contributed by atoms with Crippen LogP contribution >= 0.6 is 0 Å². The highest BCUT2D eigenvalue weighted by molar-refractivity contribution is 5.71. The van der Waals surface area contributed by atoms with Gasteiger partial charge < -0.3 is 14.2 Å². The molecule has 0 aromatic carbocycles. The topological polar surface area (TPSA) is 78.9 Å². The number of esters is 3. The molecule has 0 saturated heterocycles. The summed E-state index contributed by atoms with van der Waals surface area (Å²) in [7, 11) is 0. The minimum absolute atomic E-state index is 0.0661. The summed E-state index contributed by atoms with van der Waals surface area (Å²) in [6.07, 6.45) is 66.1. The number of carbonyl (C=O) groups excluding carboxylic acids is 3. The second-order valence-corrected chi connectivity index (χ2v) is 20.3. The first kappa shape index (κ1) is 64.9. The smallest absolute Gasteiger partial charge is 0.306 e. The Morgan fingerprint density at radius 1 is 0.299 bits per heavy atom. The van der Waals surface area contributed by atoms with Crippen molar-refractivity contribution in [2.24, 2.45) is 0 Å². The summed E-state index contributed by atoms with van der Waals surface area (Å²) in [6, 6.07) is 0. The first-order valence-electron chi connectivity index (χ1n) is 29.8. The fourth-order valence-electron chi connectivity index (χ4n) is 8.95. The highest BCUT2D eigenvalue weighted by Crippen LogP contribution is 2.17. The number of hydrogen-bond donors (Lipinski definition) is 0. The van der Waals surface area contributed by atoms with Crippen LogP contribution in [0, 0.1) is 0 Å². The van der Waals surface area contributed by atoms with Gasteiger partial charge in [0.1, 0.15) is 13.2 Å². The van der Waals surface area contributed by atoms with Gasteiger partial charge >= 0.3 is 17.9 Å². The van der Waals surface area contributed by atoms with E-state index in [1.54, 1.807) is 0 Å². The van der Waals surface area contributed by atoms with Crippen LogP contribution in [0.1, 0.15) is 329 Å². The minimum atomic E-state index is -0.766. The second kappa shape index (κ2) is 56.5. The predicted octanol–water partition coefficient (Wildman–Crippen LogP) is 19.9. The van der Waals surface area contributed by atoms with Crippen molar-refractivity contribution in [2.45, 2.75) is 335 Å². The van der Waals surface area contributed by atoms with Gasteiger partial charge in [-0.1, -0.05) is 283 Å². The Balaban J connectivity index is 4.21. The Morgan fingerprint density at radius 2 is 0.537 bits per heavy atom. The summed E-state index contributed by atoms with van der Waals surface area (Å²) in [4.78, 5) is 38.1. The average molecular weight is 944 g/mol. The van der Waals surface area contributed by atoms with E-state index in [-0.39, 0.29) is 31.1 Å². The van der Waals surface area contributed by atoms with Crippen LogP contribution in [0.4, 0.5) is 0 Å². The van der Waals surface area contributed by atoms with Crippen LogP contribution in [0.5, 0.6) is 0 Å². The second-order valence-electron chi connectivity index (χ2n) is 20.3. The van der Waals surface area contributed by atoms with E-state index in [1.165, 1.54) is 225 Å². The molecule has 0 aliphatic heterocycles. The molecule has 0 aromatic heterocycles. The zero-order valence-corrected chi connectivity index (χ0v) is 45.2. The van der Waals surface area contributed by atoms with Crippen LogP contribution in [-0.2, 0) is 28.6 Å². The van der Waals surface area contributed by atoms with Crippen molar-refractivity contribution in [1.29, 1.82) is 0 Å². The molecule has 0 N–H and O–H groups in total. The van der Waals surface area contributed by atoms with Crippen LogP contribution in [0.15, 0.2) is 24.3 Å². The number of hydrogen-bond acceptors (Lipinski definition) is 6. The average Bonchev–Trinajstić information content (AvgIpc) is 3.33. The van der Waals surface area contributed by atoms with E-state index in [0.717, 1.165) is 64.2 Å². The van der Waals surface area contributed by atoms with Crippen LogP contribution in [0.3, 0.4) is 0 Å². The molecule has 6 heteroatoms. The van der Waals surface area contributed by atoms with Gasteiger partial charge in [-0.2, -0.15) is 0 Å². The molecule has 1 atom stereocenters. The molecule has 0 aliphatic carbocycles. The molecule has 0 rings (SSSR count). The van der Waals surface area contributed by atoms with Crippen molar-refractivity contribution >= 4 is 17.9 Å². The molecule has 0 spiro atoms. The molecule has 0 aromatic rings. The van der Waals surface area contributed by atoms with Crippen molar-refractivity contribution in [3.05, 3.63) is 24.3 Å². The van der Waals surface area contributed by atoms with Crippen molar-refractivity contribution in [1.82, 2.24) is 0 Å². The van der Waals surface area contributed by atoms with Crippen molar-refractivity contribution in [3.8, 4) is 0 Å². The van der Waals surface area contributed by atoms with Gasteiger partial charge in [-0.3, -0.25) is 14.4 Å². The Bertz CT molecular complexity index is 1080. The summed E-state index contributed by atoms with van der Waals surface area (Å²) in [5.74, 6) is -0.848. The third kappa shape index (κ3) is 54.7. The van der Waals surface area contributed by atoms with Gasteiger partial charge in [0, 0.05) is 19.3 Å². The zero-order chi connectivity index (χ0) is 48.6. The van der Waals surface area contributed by atoms with Gasteiger partial charge in [0.2, 0.25) is 0 Å². The molecule has 0 saturated carbocycles. The van der Waals surface area contributed by atoms with Gasteiger partial charge in [0.25, 0.3) is 0 Å². The Morgan fingerprint density at radius 3 is 0.821 bits per heavy atom. The summed E-state index contributed by atoms with van der Waals surface area (Å²) >= 11 is 0. The van der Waals surface area contributed by atoms with E-state index < -0.39 is 6.10 Å². The first-order valence-corrected chi connectivity index (χ1v) is 29.8. The molecule has 0 bridgehead atoms. The predicted molar refractivity (Wildman–Crippen MR) is 289 cm³/mol. The van der Waals surface area contributed by atoms with Crippen LogP contribution in [-0.4, -0.2) is 37.2 Å². The Kier molecular flexibility index (Phi) is 54.7. The lowest BCUT2D eigenvalue weighted by atomic mass is 10.0. The molecule has 0 amide bonds. The van der Waals surface area contributed by atoms with Crippen molar-refractivity contribution in [2.75, 3.05) is 13.2 Å². The van der Waals surface area contributed by atoms with Crippen molar-refractivity contribution < 1.29 is 28.6 Å². The molecule has 67 heavy (non-hydrogen) atoms. The summed E-state index contributed by atoms with van der Waals surface area (Å²) in [5.41, 5.74) is 0. The largest absolute Gasteiger partial charge is 0.462 e. The van der Waals surface area contributed by atoms with Crippen molar-refractivity contribution in [3.63, 3.8) is 0 Å². The standard InChI is InChI=1S/C61H114O6/c1-4-7-10-13-16-19-22-24-26-28-29-30-31-32-33-34-36-37-39-42-45-48-51-54-60(63)66-57-58(56-65-59(62)53-50-47-44-41-21-18-15-12-9-6-3)67-61(64)55-52-49-46-43-40-38-35-27-25-23-20-17-14-11-8-5-2/h22,24,28-29,58H,4-21,23,25-27,30-57H2,1-3H3/b24-22-,29-28-. The molecule has 6 nitrogen and oxygen atoms in total. The lowest BCUT2D eigenvalue weighted by Crippen LogP contribution is -2.30. The van der Waals surface area contributed by atoms with E-state index in [9.17, 15) is 14.4 Å². The minimum Gasteiger partial charge on any atom is -0.462 e. The molecule has 394 valence electrons. The summed E-state index contributed by atoms with van der Waals surface area (Å²) < 4.78 is 16.9. The highest BCUT2D eigenvalue weighted by atomic mass is 16.6. The highest BCUT2D eigenvalue weighted by Gasteiger charge is 2.19. The van der Waals surface area contributed by atoms with Gasteiger partial charge in [-0.05, 0) is 51.4 Å². The number of unbranched alkanes of at least 4 members (excludes halogenated alkanes) is 40. The van der Waals surface area contributed by atoms with Crippen LogP contribution in [0.2, 0.25) is 0 Å².